The van der Waals surface area contributed by atoms with Gasteiger partial charge in [-0.2, -0.15) is 0 Å². The Kier molecular flexibility index (Phi) is 4.20. The minimum absolute atomic E-state index is 0.0145. The van der Waals surface area contributed by atoms with Crippen molar-refractivity contribution in [2.24, 2.45) is 0 Å². The Bertz CT molecular complexity index is 810. The number of ether oxygens (including phenoxy) is 2. The van der Waals surface area contributed by atoms with Crippen molar-refractivity contribution in [3.05, 3.63) is 77.9 Å². The van der Waals surface area contributed by atoms with E-state index in [1.165, 1.54) is 6.07 Å². The molecule has 3 rings (SSSR count). The topological polar surface area (TPSA) is 38.4 Å². The zero-order valence-corrected chi connectivity index (χ0v) is 13.1. The molecule has 0 aromatic heterocycles. The van der Waals surface area contributed by atoms with Crippen LogP contribution in [-0.2, 0) is 5.11 Å². The SMILES string of the molecule is Cc1cc(Oc2ccc(Oc3ccccc3)cc2C)ccc1[O]. The van der Waals surface area contributed by atoms with Crippen LogP contribution in [0, 0.1) is 13.8 Å². The second kappa shape index (κ2) is 6.44. The van der Waals surface area contributed by atoms with E-state index in [9.17, 15) is 5.11 Å². The van der Waals surface area contributed by atoms with Gasteiger partial charge in [0.2, 0.25) is 0 Å². The molecule has 115 valence electrons. The highest BCUT2D eigenvalue weighted by molar-refractivity contribution is 5.45. The van der Waals surface area contributed by atoms with Crippen molar-refractivity contribution in [1.29, 1.82) is 0 Å². The summed E-state index contributed by atoms with van der Waals surface area (Å²) in [7, 11) is 0. The second-order valence-electron chi connectivity index (χ2n) is 5.37. The van der Waals surface area contributed by atoms with Crippen LogP contribution in [0.3, 0.4) is 0 Å². The molecule has 0 heterocycles. The van der Waals surface area contributed by atoms with Crippen molar-refractivity contribution in [1.82, 2.24) is 0 Å². The van der Waals surface area contributed by atoms with Gasteiger partial charge in [-0.15, -0.1) is 0 Å². The van der Waals surface area contributed by atoms with Gasteiger partial charge >= 0.3 is 0 Å². The molecule has 0 aliphatic heterocycles. The van der Waals surface area contributed by atoms with Crippen LogP contribution in [0.2, 0.25) is 0 Å². The van der Waals surface area contributed by atoms with Crippen molar-refractivity contribution < 1.29 is 14.6 Å². The average Bonchev–Trinajstić information content (AvgIpc) is 2.54. The first-order chi connectivity index (χ1) is 11.1. The Morgan fingerprint density at radius 3 is 2.00 bits per heavy atom. The van der Waals surface area contributed by atoms with Gasteiger partial charge in [-0.25, -0.2) is 0 Å². The second-order valence-corrected chi connectivity index (χ2v) is 5.37. The van der Waals surface area contributed by atoms with Crippen LogP contribution in [0.15, 0.2) is 66.7 Å². The molecule has 0 bridgehead atoms. The van der Waals surface area contributed by atoms with Crippen LogP contribution in [0.5, 0.6) is 28.7 Å². The summed E-state index contributed by atoms with van der Waals surface area (Å²) in [4.78, 5) is 0. The first-order valence-corrected chi connectivity index (χ1v) is 7.41. The molecule has 0 amide bonds. The maximum atomic E-state index is 11.4. The van der Waals surface area contributed by atoms with Crippen LogP contribution in [0.4, 0.5) is 0 Å². The van der Waals surface area contributed by atoms with E-state index in [2.05, 4.69) is 0 Å². The molecule has 23 heavy (non-hydrogen) atoms. The molecule has 0 saturated carbocycles. The fraction of sp³-hybridized carbons (Fsp3) is 0.100. The molecule has 3 aromatic rings. The predicted octanol–water partition coefficient (Wildman–Crippen LogP) is 6.03. The van der Waals surface area contributed by atoms with Crippen LogP contribution in [0.25, 0.3) is 0 Å². The zero-order chi connectivity index (χ0) is 16.2. The fourth-order valence-electron chi connectivity index (χ4n) is 2.24. The van der Waals surface area contributed by atoms with E-state index in [-0.39, 0.29) is 5.75 Å². The number of hydrogen-bond acceptors (Lipinski definition) is 2. The highest BCUT2D eigenvalue weighted by atomic mass is 16.5. The Hall–Kier alpha value is -2.94. The maximum Gasteiger partial charge on any atom is 0.181 e. The lowest BCUT2D eigenvalue weighted by atomic mass is 10.2. The predicted molar refractivity (Wildman–Crippen MR) is 89.1 cm³/mol. The lowest BCUT2D eigenvalue weighted by Gasteiger charge is -2.11. The summed E-state index contributed by atoms with van der Waals surface area (Å²) in [6.45, 7) is 3.74. The number of hydrogen-bond donors (Lipinski definition) is 0. The third-order valence-corrected chi connectivity index (χ3v) is 3.50. The molecule has 0 aliphatic rings. The molecule has 1 radical (unpaired) electrons. The van der Waals surface area contributed by atoms with Crippen LogP contribution >= 0.6 is 0 Å². The quantitative estimate of drug-likeness (QED) is 0.590. The summed E-state index contributed by atoms with van der Waals surface area (Å²) in [5.74, 6) is 2.96. The highest BCUT2D eigenvalue weighted by Gasteiger charge is 2.06. The Balaban J connectivity index is 1.78. The monoisotopic (exact) mass is 305 g/mol. The van der Waals surface area contributed by atoms with Crippen LogP contribution in [-0.4, -0.2) is 0 Å². The minimum atomic E-state index is 0.0145. The van der Waals surface area contributed by atoms with Gasteiger partial charge in [-0.05, 0) is 67.9 Å². The molecule has 0 spiro atoms. The summed E-state index contributed by atoms with van der Waals surface area (Å²) < 4.78 is 11.7. The van der Waals surface area contributed by atoms with Gasteiger partial charge in [0, 0.05) is 5.56 Å². The minimum Gasteiger partial charge on any atom is -0.457 e. The third-order valence-electron chi connectivity index (χ3n) is 3.50. The molecule has 3 heteroatoms. The summed E-state index contributed by atoms with van der Waals surface area (Å²) in [5, 5.41) is 11.4. The normalized spacial score (nSPS) is 10.3. The largest absolute Gasteiger partial charge is 0.457 e. The van der Waals surface area contributed by atoms with Crippen molar-refractivity contribution >= 4 is 0 Å². The first kappa shape index (κ1) is 15.0. The van der Waals surface area contributed by atoms with Crippen LogP contribution in [0.1, 0.15) is 11.1 Å². The third kappa shape index (κ3) is 3.64. The number of benzene rings is 3. The van der Waals surface area contributed by atoms with Gasteiger partial charge in [-0.1, -0.05) is 18.2 Å². The summed E-state index contributed by atoms with van der Waals surface area (Å²) >= 11 is 0. The number of aryl methyl sites for hydroxylation is 2. The molecule has 0 aliphatic carbocycles. The van der Waals surface area contributed by atoms with Crippen molar-refractivity contribution in [2.75, 3.05) is 0 Å². The lowest BCUT2D eigenvalue weighted by Crippen LogP contribution is -1.90. The molecule has 0 atom stereocenters. The molecule has 0 unspecified atom stereocenters. The van der Waals surface area contributed by atoms with E-state index in [1.807, 2.05) is 55.5 Å². The molecule has 3 aromatic carbocycles. The Labute approximate surface area is 135 Å². The van der Waals surface area contributed by atoms with Gasteiger partial charge < -0.3 is 9.47 Å². The standard InChI is InChI=1S/C20H17O3/c1-14-12-18(8-10-19(14)21)23-20-11-9-17(13-15(20)2)22-16-6-4-3-5-7-16/h3-13H,1-2H3. The van der Waals surface area contributed by atoms with Gasteiger partial charge in [-0.3, -0.25) is 5.11 Å². The molecule has 0 saturated heterocycles. The highest BCUT2D eigenvalue weighted by Crippen LogP contribution is 2.32. The van der Waals surface area contributed by atoms with E-state index in [4.69, 9.17) is 9.47 Å². The summed E-state index contributed by atoms with van der Waals surface area (Å²) in [5.41, 5.74) is 1.63. The first-order valence-electron chi connectivity index (χ1n) is 7.41. The lowest BCUT2D eigenvalue weighted by molar-refractivity contribution is 0.350. The Morgan fingerprint density at radius 2 is 1.30 bits per heavy atom. The van der Waals surface area contributed by atoms with Crippen LogP contribution < -0.4 is 9.47 Å². The Morgan fingerprint density at radius 1 is 0.652 bits per heavy atom. The molecule has 0 fully saturated rings. The molecular formula is C20H17O3. The van der Waals surface area contributed by atoms with Gasteiger partial charge in [0.25, 0.3) is 0 Å². The number of rotatable bonds is 4. The van der Waals surface area contributed by atoms with Gasteiger partial charge in [0.15, 0.2) is 5.75 Å². The van der Waals surface area contributed by atoms with E-state index in [0.717, 1.165) is 22.8 Å². The van der Waals surface area contributed by atoms with E-state index < -0.39 is 0 Å². The maximum absolute atomic E-state index is 11.4. The smallest absolute Gasteiger partial charge is 0.181 e. The van der Waals surface area contributed by atoms with Gasteiger partial charge in [0.05, 0.1) is 0 Å². The molecular weight excluding hydrogens is 288 g/mol. The van der Waals surface area contributed by atoms with Crippen molar-refractivity contribution in [2.45, 2.75) is 13.8 Å². The summed E-state index contributed by atoms with van der Waals surface area (Å²) in [6, 6.07) is 20.2. The van der Waals surface area contributed by atoms with Gasteiger partial charge in [0.1, 0.15) is 23.0 Å². The fourth-order valence-corrected chi connectivity index (χ4v) is 2.24. The molecule has 0 N–H and O–H groups in total. The van der Waals surface area contributed by atoms with E-state index in [0.29, 0.717) is 11.3 Å². The average molecular weight is 305 g/mol. The van der Waals surface area contributed by atoms with Crippen molar-refractivity contribution in [3.8, 4) is 28.7 Å². The van der Waals surface area contributed by atoms with E-state index >= 15 is 0 Å². The summed E-state index contributed by atoms with van der Waals surface area (Å²) in [6.07, 6.45) is 0. The van der Waals surface area contributed by atoms with E-state index in [1.54, 1.807) is 19.1 Å². The number of para-hydroxylation sites is 1. The molecule has 3 nitrogen and oxygen atoms in total. The zero-order valence-electron chi connectivity index (χ0n) is 13.1. The van der Waals surface area contributed by atoms with Crippen molar-refractivity contribution in [3.63, 3.8) is 0 Å².